The van der Waals surface area contributed by atoms with Gasteiger partial charge in [0.05, 0.1) is 71.0 Å². The van der Waals surface area contributed by atoms with Crippen LogP contribution >= 0.6 is 0 Å². The number of hydrogen-bond acceptors (Lipinski definition) is 10. The first kappa shape index (κ1) is 76.1. The molecule has 0 radical (unpaired) electrons. The monoisotopic (exact) mass is 1310 g/mol. The van der Waals surface area contributed by atoms with Gasteiger partial charge in [-0.05, 0) is 115 Å². The molecule has 0 atom stereocenters. The molecule has 7 rings (SSSR count). The number of ether oxygens (including phenoxy) is 7. The number of nitrogens with zero attached hydrogens (tertiary/aromatic N) is 3. The van der Waals surface area contributed by atoms with E-state index in [9.17, 15) is 0 Å². The quantitative estimate of drug-likeness (QED) is 0.0208. The molecule has 0 saturated heterocycles. The zero-order chi connectivity index (χ0) is 68.2. The molecule has 0 aliphatic carbocycles. The molecule has 0 spiro atoms. The number of unbranched alkanes of at least 4 members (excludes halogenated alkanes) is 27. The van der Waals surface area contributed by atoms with Crippen molar-refractivity contribution >= 4 is 36.5 Å². The number of rotatable bonds is 48. The van der Waals surface area contributed by atoms with Crippen molar-refractivity contribution in [1.29, 1.82) is 0 Å². The van der Waals surface area contributed by atoms with Crippen molar-refractivity contribution < 1.29 is 33.2 Å². The summed E-state index contributed by atoms with van der Waals surface area (Å²) in [5.41, 5.74) is 10.1. The van der Waals surface area contributed by atoms with E-state index in [1.54, 1.807) is 40.8 Å². The molecule has 0 fully saturated rings. The third-order valence-corrected chi connectivity index (χ3v) is 17.8. The fraction of sp³-hybridized carbons (Fsp3) is 0.460. The van der Waals surface area contributed by atoms with Crippen molar-refractivity contribution in [2.45, 2.75) is 213 Å². The summed E-state index contributed by atoms with van der Waals surface area (Å²) in [5, 5.41) is 0. The zero-order valence-electron chi connectivity index (χ0n) is 60.0. The summed E-state index contributed by atoms with van der Waals surface area (Å²) in [5.74, 6) is 11.7. The Morgan fingerprint density at radius 1 is 0.299 bits per heavy atom. The van der Waals surface area contributed by atoms with Crippen LogP contribution in [0.5, 0.6) is 40.2 Å². The van der Waals surface area contributed by atoms with E-state index in [4.69, 9.17) is 38.1 Å². The van der Waals surface area contributed by atoms with Crippen LogP contribution in [0, 0.1) is 11.8 Å². The van der Waals surface area contributed by atoms with Gasteiger partial charge in [0.15, 0.2) is 11.5 Å². The maximum atomic E-state index is 6.75. The lowest BCUT2D eigenvalue weighted by molar-refractivity contribution is 0.234. The van der Waals surface area contributed by atoms with Gasteiger partial charge in [-0.3, -0.25) is 9.97 Å². The van der Waals surface area contributed by atoms with Gasteiger partial charge in [0.25, 0.3) is 0 Å². The molecule has 7 aromatic rings. The molecule has 0 N–H and O–H groups in total. The molecule has 0 aliphatic heterocycles. The van der Waals surface area contributed by atoms with E-state index in [-0.39, 0.29) is 0 Å². The van der Waals surface area contributed by atoms with E-state index in [1.165, 1.54) is 154 Å². The van der Waals surface area contributed by atoms with Gasteiger partial charge in [-0.15, -0.1) is 0 Å². The second kappa shape index (κ2) is 46.0. The number of benzene rings is 4. The standard InChI is InChI=1S/C87H113N3O7/c1-8-11-14-17-20-23-26-29-32-39-58-95-85-63-72(64-86(96-59-40-33-30-27-24-21-18-15-12-9-2)87(85)97-60-41-34-31-28-25-22-19-16-13-10-3)51-53-74-66-84(94-7)76(68-82(74)92-5)55-54-75-67-81(91-4)73(65-83(75)93-6)52-50-70-46-44-69(45-47-70)48-49-71-61-79(77-42-35-37-56-88-77)90-80(62-71)78-43-36-38-57-89-78/h35-38,42-47,50-57,61-68H,8-34,39-41,58-60H2,1-7H3/b52-50+,53-51+,55-54+. The van der Waals surface area contributed by atoms with E-state index in [2.05, 4.69) is 85.1 Å². The van der Waals surface area contributed by atoms with E-state index in [1.807, 2.05) is 103 Å². The molecule has 0 bridgehead atoms. The average Bonchev–Trinajstić information content (AvgIpc) is 0.885. The second-order valence-electron chi connectivity index (χ2n) is 25.5. The molecule has 4 aromatic carbocycles. The Kier molecular flexibility index (Phi) is 36.1. The molecular formula is C87H113N3O7. The zero-order valence-corrected chi connectivity index (χ0v) is 60.0. The summed E-state index contributed by atoms with van der Waals surface area (Å²) < 4.78 is 44.4. The van der Waals surface area contributed by atoms with Gasteiger partial charge in [0, 0.05) is 45.8 Å². The lowest BCUT2D eigenvalue weighted by atomic mass is 10.0. The SMILES string of the molecule is CCCCCCCCCCCCOc1cc(/C=C/c2cc(OC)c(/C=C/c3cc(OC)c(/C=C/c4ccc(C#Cc5cc(-c6ccccn6)nc(-c6ccccn6)c5)cc4)cc3OC)cc2OC)cc(OCCCCCCCCCCCC)c1OCCCCCCCCCCCC. The van der Waals surface area contributed by atoms with E-state index in [0.717, 1.165) is 123 Å². The Hall–Kier alpha value is -8.29. The first-order valence-corrected chi connectivity index (χ1v) is 37.0. The number of hydrogen-bond donors (Lipinski definition) is 0. The third-order valence-electron chi connectivity index (χ3n) is 17.8. The normalized spacial score (nSPS) is 11.4. The summed E-state index contributed by atoms with van der Waals surface area (Å²) in [6, 6.07) is 36.0. The van der Waals surface area contributed by atoms with Gasteiger partial charge in [-0.1, -0.05) is 267 Å². The topological polar surface area (TPSA) is 103 Å². The molecule has 0 unspecified atom stereocenters. The number of aromatic nitrogens is 3. The minimum absolute atomic E-state index is 0.629. The predicted octanol–water partition coefficient (Wildman–Crippen LogP) is 24.1. The lowest BCUT2D eigenvalue weighted by Crippen LogP contribution is -2.07. The smallest absolute Gasteiger partial charge is 0.203 e. The Morgan fingerprint density at radius 2 is 0.629 bits per heavy atom. The highest BCUT2D eigenvalue weighted by atomic mass is 16.5. The van der Waals surface area contributed by atoms with Crippen molar-refractivity contribution in [3.8, 4) is 74.9 Å². The van der Waals surface area contributed by atoms with Crippen LogP contribution in [-0.4, -0.2) is 63.2 Å². The molecule has 10 heteroatoms. The van der Waals surface area contributed by atoms with Gasteiger partial charge < -0.3 is 33.2 Å². The number of pyridine rings is 3. The number of methoxy groups -OCH3 is 4. The molecule has 0 amide bonds. The summed E-state index contributed by atoms with van der Waals surface area (Å²) in [6.07, 6.45) is 54.0. The molecule has 0 saturated carbocycles. The first-order valence-electron chi connectivity index (χ1n) is 37.0. The molecule has 97 heavy (non-hydrogen) atoms. The van der Waals surface area contributed by atoms with Gasteiger partial charge in [0.1, 0.15) is 23.0 Å². The van der Waals surface area contributed by atoms with Crippen LogP contribution in [0.15, 0.2) is 122 Å². The Labute approximate surface area is 584 Å². The fourth-order valence-corrected chi connectivity index (χ4v) is 12.0. The minimum Gasteiger partial charge on any atom is -0.496 e. The highest BCUT2D eigenvalue weighted by Crippen LogP contribution is 2.41. The van der Waals surface area contributed by atoms with Crippen LogP contribution in [-0.2, 0) is 0 Å². The summed E-state index contributed by atoms with van der Waals surface area (Å²) in [7, 11) is 6.77. The molecule has 3 aromatic heterocycles. The summed E-state index contributed by atoms with van der Waals surface area (Å²) in [6.45, 7) is 8.74. The highest BCUT2D eigenvalue weighted by Gasteiger charge is 2.18. The molecule has 10 nitrogen and oxygen atoms in total. The molecule has 518 valence electrons. The second-order valence-corrected chi connectivity index (χ2v) is 25.5. The van der Waals surface area contributed by atoms with Crippen molar-refractivity contribution in [2.75, 3.05) is 48.3 Å². The van der Waals surface area contributed by atoms with Gasteiger partial charge >= 0.3 is 0 Å². The van der Waals surface area contributed by atoms with Gasteiger partial charge in [-0.2, -0.15) is 0 Å². The maximum Gasteiger partial charge on any atom is 0.203 e. The van der Waals surface area contributed by atoms with Crippen LogP contribution in [0.2, 0.25) is 0 Å². The van der Waals surface area contributed by atoms with Crippen LogP contribution in [0.3, 0.4) is 0 Å². The van der Waals surface area contributed by atoms with Gasteiger partial charge in [0.2, 0.25) is 5.75 Å². The van der Waals surface area contributed by atoms with E-state index in [0.29, 0.717) is 42.8 Å². The predicted molar refractivity (Wildman–Crippen MR) is 407 cm³/mol. The highest BCUT2D eigenvalue weighted by molar-refractivity contribution is 5.82. The molecule has 3 heterocycles. The van der Waals surface area contributed by atoms with Crippen molar-refractivity contribution in [2.24, 2.45) is 0 Å². The Morgan fingerprint density at radius 3 is 0.979 bits per heavy atom. The van der Waals surface area contributed by atoms with Crippen molar-refractivity contribution in [3.05, 3.63) is 166 Å². The fourth-order valence-electron chi connectivity index (χ4n) is 12.0. The van der Waals surface area contributed by atoms with Crippen molar-refractivity contribution in [3.63, 3.8) is 0 Å². The molecule has 0 aliphatic rings. The van der Waals surface area contributed by atoms with Crippen molar-refractivity contribution in [1.82, 2.24) is 15.0 Å². The van der Waals surface area contributed by atoms with Crippen LogP contribution in [0.1, 0.15) is 258 Å². The van der Waals surface area contributed by atoms with E-state index < -0.39 is 0 Å². The first-order chi connectivity index (χ1) is 47.9. The largest absolute Gasteiger partial charge is 0.496 e. The minimum atomic E-state index is 0.629. The average molecular weight is 1310 g/mol. The summed E-state index contributed by atoms with van der Waals surface area (Å²) >= 11 is 0. The van der Waals surface area contributed by atoms with Crippen LogP contribution in [0.25, 0.3) is 59.2 Å². The lowest BCUT2D eigenvalue weighted by Gasteiger charge is -2.18. The third kappa shape index (κ3) is 27.6. The molecular weight excluding hydrogens is 1200 g/mol. The summed E-state index contributed by atoms with van der Waals surface area (Å²) in [4.78, 5) is 14.0. The van der Waals surface area contributed by atoms with Crippen LogP contribution < -0.4 is 33.2 Å². The maximum absolute atomic E-state index is 6.75. The van der Waals surface area contributed by atoms with Crippen LogP contribution in [0.4, 0.5) is 0 Å². The Bertz CT molecular complexity index is 3390. The Balaban J connectivity index is 1.06. The van der Waals surface area contributed by atoms with Gasteiger partial charge in [-0.25, -0.2) is 4.98 Å². The van der Waals surface area contributed by atoms with E-state index >= 15 is 0 Å².